The van der Waals surface area contributed by atoms with Crippen LogP contribution in [0.5, 0.6) is 0 Å². The maximum Gasteiger partial charge on any atom is 0.130 e. The van der Waals surface area contributed by atoms with E-state index in [1.807, 2.05) is 6.92 Å². The number of hydrogen-bond acceptors (Lipinski definition) is 2. The molecule has 1 unspecified atom stereocenters. The van der Waals surface area contributed by atoms with Crippen molar-refractivity contribution < 1.29 is 9.50 Å². The number of aryl methyl sites for hydroxylation is 1. The van der Waals surface area contributed by atoms with Crippen molar-refractivity contribution in [1.82, 2.24) is 9.78 Å². The van der Waals surface area contributed by atoms with E-state index in [-0.39, 0.29) is 5.56 Å². The van der Waals surface area contributed by atoms with Crippen molar-refractivity contribution >= 4 is 27.5 Å². The molecule has 0 saturated heterocycles. The van der Waals surface area contributed by atoms with Gasteiger partial charge in [-0.25, -0.2) is 4.39 Å². The molecule has 18 heavy (non-hydrogen) atoms. The van der Waals surface area contributed by atoms with Crippen LogP contribution in [0, 0.1) is 5.82 Å². The Morgan fingerprint density at radius 1 is 1.56 bits per heavy atom. The highest BCUT2D eigenvalue weighted by Gasteiger charge is 2.22. The van der Waals surface area contributed by atoms with Crippen molar-refractivity contribution in [2.75, 3.05) is 0 Å². The van der Waals surface area contributed by atoms with Crippen LogP contribution in [0.4, 0.5) is 4.39 Å². The zero-order valence-corrected chi connectivity index (χ0v) is 11.9. The van der Waals surface area contributed by atoms with Crippen molar-refractivity contribution in [2.45, 2.75) is 19.6 Å². The second-order valence-electron chi connectivity index (χ2n) is 3.76. The lowest BCUT2D eigenvalue weighted by atomic mass is 10.1. The van der Waals surface area contributed by atoms with Gasteiger partial charge in [-0.3, -0.25) is 4.68 Å². The van der Waals surface area contributed by atoms with Crippen molar-refractivity contribution in [2.24, 2.45) is 0 Å². The highest BCUT2D eigenvalue weighted by molar-refractivity contribution is 9.10. The molecule has 3 nitrogen and oxygen atoms in total. The van der Waals surface area contributed by atoms with E-state index in [0.717, 1.165) is 0 Å². The molecule has 0 fully saturated rings. The van der Waals surface area contributed by atoms with Gasteiger partial charge >= 0.3 is 0 Å². The van der Waals surface area contributed by atoms with Crippen molar-refractivity contribution in [3.63, 3.8) is 0 Å². The minimum absolute atomic E-state index is 0.176. The Morgan fingerprint density at radius 2 is 2.28 bits per heavy atom. The summed E-state index contributed by atoms with van der Waals surface area (Å²) in [6.45, 7) is 2.43. The number of aromatic nitrogens is 2. The number of aliphatic hydroxyl groups is 1. The number of halogens is 3. The molecular weight excluding hydrogens is 322 g/mol. The maximum absolute atomic E-state index is 13.8. The number of nitrogens with zero attached hydrogens (tertiary/aromatic N) is 2. The highest BCUT2D eigenvalue weighted by Crippen LogP contribution is 2.30. The third-order valence-corrected chi connectivity index (χ3v) is 3.43. The first-order valence-corrected chi connectivity index (χ1v) is 6.56. The third-order valence-electron chi connectivity index (χ3n) is 2.65. The lowest BCUT2D eigenvalue weighted by Gasteiger charge is -2.14. The fourth-order valence-electron chi connectivity index (χ4n) is 1.77. The van der Waals surface area contributed by atoms with Crippen LogP contribution in [-0.2, 0) is 6.54 Å². The first kappa shape index (κ1) is 13.5. The molecule has 0 bridgehead atoms. The Bertz CT molecular complexity index is 573. The smallest absolute Gasteiger partial charge is 0.130 e. The van der Waals surface area contributed by atoms with E-state index in [1.165, 1.54) is 18.3 Å². The number of rotatable bonds is 3. The summed E-state index contributed by atoms with van der Waals surface area (Å²) in [5.41, 5.74) is 0.579. The topological polar surface area (TPSA) is 38.0 Å². The lowest BCUT2D eigenvalue weighted by molar-refractivity contribution is 0.203. The van der Waals surface area contributed by atoms with Crippen LogP contribution in [-0.4, -0.2) is 14.9 Å². The van der Waals surface area contributed by atoms with Crippen LogP contribution in [0.15, 0.2) is 28.9 Å². The number of hydrogen-bond donors (Lipinski definition) is 1. The van der Waals surface area contributed by atoms with Gasteiger partial charge in [0.05, 0.1) is 16.9 Å². The Kier molecular flexibility index (Phi) is 4.04. The molecule has 0 saturated carbocycles. The molecule has 1 N–H and O–H groups in total. The number of aliphatic hydroxyl groups excluding tert-OH is 1. The predicted octanol–water partition coefficient (Wildman–Crippen LogP) is 3.54. The Balaban J connectivity index is 2.47. The summed E-state index contributed by atoms with van der Waals surface area (Å²) in [5, 5.41) is 14.6. The van der Waals surface area contributed by atoms with E-state index in [4.69, 9.17) is 11.6 Å². The summed E-state index contributed by atoms with van der Waals surface area (Å²) < 4.78 is 16.0. The molecule has 0 amide bonds. The molecule has 1 aromatic carbocycles. The summed E-state index contributed by atoms with van der Waals surface area (Å²) in [7, 11) is 0. The van der Waals surface area contributed by atoms with Gasteiger partial charge in [-0.1, -0.05) is 33.6 Å². The Labute approximate surface area is 117 Å². The van der Waals surface area contributed by atoms with E-state index in [2.05, 4.69) is 21.0 Å². The molecule has 1 aromatic heterocycles. The van der Waals surface area contributed by atoms with Crippen molar-refractivity contribution in [1.29, 1.82) is 0 Å². The molecule has 0 spiro atoms. The average molecular weight is 334 g/mol. The molecule has 0 aliphatic carbocycles. The lowest BCUT2D eigenvalue weighted by Crippen LogP contribution is -2.11. The van der Waals surface area contributed by atoms with Crippen LogP contribution < -0.4 is 0 Å². The van der Waals surface area contributed by atoms with Gasteiger partial charge in [0.25, 0.3) is 0 Å². The summed E-state index contributed by atoms with van der Waals surface area (Å²) in [4.78, 5) is 0. The van der Waals surface area contributed by atoms with Crippen LogP contribution >= 0.6 is 27.5 Å². The SMILES string of the molecule is CCn1ncc(Cl)c1C(O)c1ccc(Br)cc1F. The summed E-state index contributed by atoms with van der Waals surface area (Å²) in [6, 6.07) is 4.49. The first-order valence-electron chi connectivity index (χ1n) is 5.38. The third kappa shape index (κ3) is 2.43. The standard InChI is InChI=1S/C12H11BrClFN2O/c1-2-17-11(9(14)6-16-17)12(18)8-4-3-7(13)5-10(8)15/h3-6,12,18H,2H2,1H3. The van der Waals surface area contributed by atoms with Crippen LogP contribution in [0.1, 0.15) is 24.3 Å². The van der Waals surface area contributed by atoms with E-state index in [0.29, 0.717) is 21.7 Å². The summed E-state index contributed by atoms with van der Waals surface area (Å²) >= 11 is 9.15. The van der Waals surface area contributed by atoms with Crippen molar-refractivity contribution in [3.05, 3.63) is 51.0 Å². The van der Waals surface area contributed by atoms with E-state index in [9.17, 15) is 9.50 Å². The maximum atomic E-state index is 13.8. The quantitative estimate of drug-likeness (QED) is 0.933. The van der Waals surface area contributed by atoms with Crippen LogP contribution in [0.25, 0.3) is 0 Å². The highest BCUT2D eigenvalue weighted by atomic mass is 79.9. The fraction of sp³-hybridized carbons (Fsp3) is 0.250. The molecule has 0 radical (unpaired) electrons. The summed E-state index contributed by atoms with van der Waals surface area (Å²) in [5.74, 6) is -0.489. The Hall–Kier alpha value is -0.910. The predicted molar refractivity (Wildman–Crippen MR) is 71.1 cm³/mol. The van der Waals surface area contributed by atoms with Gasteiger partial charge in [-0.2, -0.15) is 5.10 Å². The monoisotopic (exact) mass is 332 g/mol. The molecular formula is C12H11BrClFN2O. The van der Waals surface area contributed by atoms with Gasteiger partial charge in [0.1, 0.15) is 11.9 Å². The largest absolute Gasteiger partial charge is 0.382 e. The molecule has 1 atom stereocenters. The molecule has 2 rings (SSSR count). The van der Waals surface area contributed by atoms with Gasteiger partial charge in [-0.15, -0.1) is 0 Å². The molecule has 1 heterocycles. The molecule has 0 aliphatic rings. The van der Waals surface area contributed by atoms with Gasteiger partial charge in [-0.05, 0) is 19.1 Å². The Morgan fingerprint density at radius 3 is 2.89 bits per heavy atom. The fourth-order valence-corrected chi connectivity index (χ4v) is 2.34. The minimum Gasteiger partial charge on any atom is -0.382 e. The van der Waals surface area contributed by atoms with Gasteiger partial charge in [0.2, 0.25) is 0 Å². The summed E-state index contributed by atoms with van der Waals surface area (Å²) in [6.07, 6.45) is 0.313. The first-order chi connectivity index (χ1) is 8.54. The zero-order valence-electron chi connectivity index (χ0n) is 9.57. The molecule has 96 valence electrons. The van der Waals surface area contributed by atoms with E-state index < -0.39 is 11.9 Å². The van der Waals surface area contributed by atoms with Crippen LogP contribution in [0.3, 0.4) is 0 Å². The molecule has 6 heteroatoms. The van der Waals surface area contributed by atoms with Gasteiger partial charge in [0, 0.05) is 16.6 Å². The van der Waals surface area contributed by atoms with E-state index in [1.54, 1.807) is 10.7 Å². The second-order valence-corrected chi connectivity index (χ2v) is 5.08. The average Bonchev–Trinajstić information content (AvgIpc) is 2.69. The normalized spacial score (nSPS) is 12.7. The molecule has 2 aromatic rings. The zero-order chi connectivity index (χ0) is 13.3. The minimum atomic E-state index is -1.13. The van der Waals surface area contributed by atoms with Gasteiger partial charge < -0.3 is 5.11 Å². The van der Waals surface area contributed by atoms with Gasteiger partial charge in [0.15, 0.2) is 0 Å². The molecule has 0 aliphatic heterocycles. The van der Waals surface area contributed by atoms with E-state index >= 15 is 0 Å². The second kappa shape index (κ2) is 5.38. The number of benzene rings is 1. The van der Waals surface area contributed by atoms with Crippen LogP contribution in [0.2, 0.25) is 5.02 Å². The van der Waals surface area contributed by atoms with Crippen molar-refractivity contribution in [3.8, 4) is 0 Å².